The number of carbonyl (C=O) groups excluding carboxylic acids is 1. The van der Waals surface area contributed by atoms with Gasteiger partial charge in [-0.1, -0.05) is 91.0 Å². The van der Waals surface area contributed by atoms with Gasteiger partial charge in [-0.2, -0.15) is 0 Å². The van der Waals surface area contributed by atoms with Crippen molar-refractivity contribution in [2.24, 2.45) is 0 Å². The molecule has 0 aliphatic carbocycles. The van der Waals surface area contributed by atoms with Gasteiger partial charge in [-0.25, -0.2) is 4.98 Å². The topological polar surface area (TPSA) is 56.1 Å². The molecule has 0 unspecified atom stereocenters. The first-order valence-electron chi connectivity index (χ1n) is 10.2. The molecule has 31 heavy (non-hydrogen) atoms. The fourth-order valence-corrected chi connectivity index (χ4v) is 3.99. The van der Waals surface area contributed by atoms with Crippen molar-refractivity contribution in [1.29, 1.82) is 0 Å². The van der Waals surface area contributed by atoms with Crippen LogP contribution in [0.1, 0.15) is 22.4 Å². The molecule has 0 atom stereocenters. The maximum absolute atomic E-state index is 11.4. The highest BCUT2D eigenvalue weighted by Gasteiger charge is 2.38. The molecular formula is C26H25N3O2. The molecule has 0 aliphatic heterocycles. The number of hydrogen-bond donors (Lipinski definition) is 1. The molecule has 5 heteroatoms. The van der Waals surface area contributed by atoms with E-state index in [0.717, 1.165) is 22.4 Å². The largest absolute Gasteiger partial charge is 0.468 e. The summed E-state index contributed by atoms with van der Waals surface area (Å²) in [7, 11) is 1.38. The Labute approximate surface area is 182 Å². The van der Waals surface area contributed by atoms with Gasteiger partial charge >= 0.3 is 5.97 Å². The van der Waals surface area contributed by atoms with Gasteiger partial charge in [0.2, 0.25) is 0 Å². The maximum atomic E-state index is 11.4. The van der Waals surface area contributed by atoms with Crippen LogP contribution in [0.5, 0.6) is 0 Å². The van der Waals surface area contributed by atoms with E-state index in [0.29, 0.717) is 6.54 Å². The van der Waals surface area contributed by atoms with Gasteiger partial charge in [0.15, 0.2) is 0 Å². The van der Waals surface area contributed by atoms with Crippen molar-refractivity contribution < 1.29 is 9.53 Å². The quantitative estimate of drug-likeness (QED) is 0.352. The number of ether oxygens (including phenoxy) is 1. The van der Waals surface area contributed by atoms with Crippen molar-refractivity contribution in [3.8, 4) is 0 Å². The number of carbonyl (C=O) groups is 1. The number of benzene rings is 3. The van der Waals surface area contributed by atoms with Crippen LogP contribution in [0.25, 0.3) is 0 Å². The normalized spacial score (nSPS) is 11.3. The number of aromatic nitrogens is 2. The summed E-state index contributed by atoms with van der Waals surface area (Å²) in [6.07, 6.45) is 3.90. The highest BCUT2D eigenvalue weighted by molar-refractivity contribution is 5.71. The third-order valence-corrected chi connectivity index (χ3v) is 5.40. The van der Waals surface area contributed by atoms with Crippen LogP contribution in [-0.4, -0.2) is 29.2 Å². The Kier molecular flexibility index (Phi) is 6.24. The first kappa shape index (κ1) is 20.6. The molecule has 1 N–H and O–H groups in total. The molecule has 3 aromatic carbocycles. The van der Waals surface area contributed by atoms with Crippen molar-refractivity contribution in [2.75, 3.05) is 13.7 Å². The van der Waals surface area contributed by atoms with Crippen molar-refractivity contribution in [1.82, 2.24) is 14.9 Å². The summed E-state index contributed by atoms with van der Waals surface area (Å²) >= 11 is 0. The summed E-state index contributed by atoms with van der Waals surface area (Å²) in [4.78, 5) is 16.0. The number of hydrogen-bond acceptors (Lipinski definition) is 4. The molecule has 0 spiro atoms. The van der Waals surface area contributed by atoms with Gasteiger partial charge in [0.25, 0.3) is 0 Å². The summed E-state index contributed by atoms with van der Waals surface area (Å²) in [6, 6.07) is 31.3. The fraction of sp³-hybridized carbons (Fsp3) is 0.154. The molecule has 1 aromatic heterocycles. The molecule has 0 bridgehead atoms. The molecule has 4 aromatic rings. The lowest BCUT2D eigenvalue weighted by atomic mass is 9.77. The van der Waals surface area contributed by atoms with Crippen molar-refractivity contribution in [3.05, 3.63) is 126 Å². The minimum atomic E-state index is -0.586. The van der Waals surface area contributed by atoms with Crippen LogP contribution in [0.15, 0.2) is 104 Å². The van der Waals surface area contributed by atoms with Crippen molar-refractivity contribution >= 4 is 5.97 Å². The minimum Gasteiger partial charge on any atom is -0.468 e. The van der Waals surface area contributed by atoms with E-state index in [9.17, 15) is 4.79 Å². The summed E-state index contributed by atoms with van der Waals surface area (Å²) < 4.78 is 6.85. The summed E-state index contributed by atoms with van der Waals surface area (Å²) in [5.41, 5.74) is 3.67. The van der Waals surface area contributed by atoms with Crippen molar-refractivity contribution in [3.63, 3.8) is 0 Å². The van der Waals surface area contributed by atoms with Gasteiger partial charge in [0.05, 0.1) is 25.7 Å². The Morgan fingerprint density at radius 1 is 0.871 bits per heavy atom. The predicted octanol–water partition coefficient (Wildman–Crippen LogP) is 3.99. The summed E-state index contributed by atoms with van der Waals surface area (Å²) in [5, 5.41) is 3.09. The molecule has 0 radical (unpaired) electrons. The SMILES string of the molecule is COC(=O)CNCc1cn(C(c2ccccc2)(c2ccccc2)c2ccccc2)cn1. The van der Waals surface area contributed by atoms with Gasteiger partial charge in [0, 0.05) is 12.7 Å². The third-order valence-electron chi connectivity index (χ3n) is 5.40. The van der Waals surface area contributed by atoms with Crippen LogP contribution in [-0.2, 0) is 21.6 Å². The molecule has 5 nitrogen and oxygen atoms in total. The average Bonchev–Trinajstić information content (AvgIpc) is 3.30. The van der Waals surface area contributed by atoms with Crippen LogP contribution in [0.2, 0.25) is 0 Å². The molecule has 0 saturated heterocycles. The van der Waals surface area contributed by atoms with E-state index in [4.69, 9.17) is 4.74 Å². The third kappa shape index (κ3) is 4.13. The first-order valence-corrected chi connectivity index (χ1v) is 10.2. The maximum Gasteiger partial charge on any atom is 0.319 e. The van der Waals surface area contributed by atoms with E-state index < -0.39 is 5.54 Å². The number of methoxy groups -OCH3 is 1. The molecule has 0 amide bonds. The van der Waals surface area contributed by atoms with E-state index in [1.807, 2.05) is 30.7 Å². The molecule has 4 rings (SSSR count). The van der Waals surface area contributed by atoms with Crippen LogP contribution in [0, 0.1) is 0 Å². The number of rotatable bonds is 8. The van der Waals surface area contributed by atoms with Gasteiger partial charge in [0.1, 0.15) is 5.54 Å². The van der Waals surface area contributed by atoms with Crippen LogP contribution < -0.4 is 5.32 Å². The van der Waals surface area contributed by atoms with Gasteiger partial charge in [-0.15, -0.1) is 0 Å². The van der Waals surface area contributed by atoms with E-state index >= 15 is 0 Å². The van der Waals surface area contributed by atoms with Crippen molar-refractivity contribution in [2.45, 2.75) is 12.1 Å². The predicted molar refractivity (Wildman–Crippen MR) is 121 cm³/mol. The van der Waals surface area contributed by atoms with Crippen LogP contribution in [0.3, 0.4) is 0 Å². The van der Waals surface area contributed by atoms with E-state index in [1.165, 1.54) is 7.11 Å². The monoisotopic (exact) mass is 411 g/mol. The number of nitrogens with one attached hydrogen (secondary N) is 1. The van der Waals surface area contributed by atoms with Crippen LogP contribution in [0.4, 0.5) is 0 Å². The lowest BCUT2D eigenvalue weighted by Crippen LogP contribution is -2.37. The zero-order valence-corrected chi connectivity index (χ0v) is 17.4. The highest BCUT2D eigenvalue weighted by atomic mass is 16.5. The Balaban J connectivity index is 1.85. The summed E-state index contributed by atoms with van der Waals surface area (Å²) in [5.74, 6) is -0.299. The highest BCUT2D eigenvalue weighted by Crippen LogP contribution is 2.40. The van der Waals surface area contributed by atoms with E-state index in [1.54, 1.807) is 0 Å². The zero-order valence-electron chi connectivity index (χ0n) is 17.4. The second kappa shape index (κ2) is 9.41. The number of esters is 1. The molecule has 1 heterocycles. The molecule has 0 saturated carbocycles. The Hall–Kier alpha value is -3.70. The molecule has 0 aliphatic rings. The molecule has 156 valence electrons. The van der Waals surface area contributed by atoms with Gasteiger partial charge < -0.3 is 14.6 Å². The smallest absolute Gasteiger partial charge is 0.319 e. The van der Waals surface area contributed by atoms with Gasteiger partial charge in [-0.3, -0.25) is 4.79 Å². The lowest BCUT2D eigenvalue weighted by Gasteiger charge is -2.37. The first-order chi connectivity index (χ1) is 15.2. The molecular weight excluding hydrogens is 386 g/mol. The lowest BCUT2D eigenvalue weighted by molar-refractivity contribution is -0.139. The van der Waals surface area contributed by atoms with E-state index in [2.05, 4.69) is 87.7 Å². The minimum absolute atomic E-state index is 0.143. The van der Waals surface area contributed by atoms with Crippen LogP contribution >= 0.6 is 0 Å². The average molecular weight is 412 g/mol. The fourth-order valence-electron chi connectivity index (χ4n) is 3.99. The Morgan fingerprint density at radius 3 is 1.81 bits per heavy atom. The number of imidazole rings is 1. The van der Waals surface area contributed by atoms with Gasteiger partial charge in [-0.05, 0) is 16.7 Å². The number of nitrogens with zero attached hydrogens (tertiary/aromatic N) is 2. The standard InChI is InChI=1S/C26H25N3O2/c1-31-25(30)18-27-17-24-19-29(20-28-24)26(21-11-5-2-6-12-21,22-13-7-3-8-14-22)23-15-9-4-10-16-23/h2-16,19-20,27H,17-18H2,1H3. The Bertz CT molecular complexity index is 1010. The Morgan fingerprint density at radius 2 is 1.35 bits per heavy atom. The molecule has 0 fully saturated rings. The zero-order chi connectivity index (χ0) is 21.5. The van der Waals surface area contributed by atoms with E-state index in [-0.39, 0.29) is 12.5 Å². The second-order valence-corrected chi connectivity index (χ2v) is 7.26. The second-order valence-electron chi connectivity index (χ2n) is 7.26. The summed E-state index contributed by atoms with van der Waals surface area (Å²) in [6.45, 7) is 0.612.